The average Bonchev–Trinajstić information content (AvgIpc) is 2.28. The van der Waals surface area contributed by atoms with E-state index < -0.39 is 28.5 Å². The lowest BCUT2D eigenvalue weighted by Crippen LogP contribution is -2.26. The highest BCUT2D eigenvalue weighted by atomic mass is 19.1. The van der Waals surface area contributed by atoms with E-state index in [4.69, 9.17) is 9.47 Å². The number of carbonyl (C=O) groups is 1. The molecule has 0 aliphatic heterocycles. The first-order valence-electron chi connectivity index (χ1n) is 5.23. The molecule has 0 heterocycles. The molecule has 1 unspecified atom stereocenters. The predicted molar refractivity (Wildman–Crippen MR) is 59.8 cm³/mol. The summed E-state index contributed by atoms with van der Waals surface area (Å²) < 4.78 is 23.1. The molecule has 7 heteroatoms. The molecule has 0 saturated carbocycles. The van der Waals surface area contributed by atoms with Crippen LogP contribution in [0, 0.1) is 15.9 Å². The molecule has 1 rings (SSSR count). The summed E-state index contributed by atoms with van der Waals surface area (Å²) in [7, 11) is 0. The Morgan fingerprint density at radius 1 is 1.56 bits per heavy atom. The normalized spacial score (nSPS) is 11.7. The van der Waals surface area contributed by atoms with E-state index >= 15 is 0 Å². The second-order valence-electron chi connectivity index (χ2n) is 3.38. The Morgan fingerprint density at radius 2 is 2.22 bits per heavy atom. The van der Waals surface area contributed by atoms with Crippen LogP contribution in [0.15, 0.2) is 18.2 Å². The molecular weight excluding hydrogens is 245 g/mol. The third-order valence-corrected chi connectivity index (χ3v) is 2.05. The second-order valence-corrected chi connectivity index (χ2v) is 3.38. The van der Waals surface area contributed by atoms with Gasteiger partial charge in [-0.3, -0.25) is 10.1 Å². The van der Waals surface area contributed by atoms with Crippen LogP contribution in [-0.4, -0.2) is 23.6 Å². The maximum absolute atomic E-state index is 13.3. The molecule has 18 heavy (non-hydrogen) atoms. The van der Waals surface area contributed by atoms with Gasteiger partial charge in [0.1, 0.15) is 5.75 Å². The van der Waals surface area contributed by atoms with E-state index in [1.54, 1.807) is 6.92 Å². The summed E-state index contributed by atoms with van der Waals surface area (Å²) in [6.45, 7) is 3.30. The fourth-order valence-electron chi connectivity index (χ4n) is 1.22. The molecule has 0 fully saturated rings. The number of nitro benzene ring substituents is 1. The minimum Gasteiger partial charge on any atom is -0.479 e. The molecule has 1 aromatic rings. The van der Waals surface area contributed by atoms with Crippen LogP contribution in [0.1, 0.15) is 13.8 Å². The minimum absolute atomic E-state index is 0.0265. The van der Waals surface area contributed by atoms with Crippen molar-refractivity contribution >= 4 is 11.7 Å². The number of rotatable bonds is 5. The third-order valence-electron chi connectivity index (χ3n) is 2.05. The fraction of sp³-hybridized carbons (Fsp3) is 0.364. The maximum Gasteiger partial charge on any atom is 0.347 e. The summed E-state index contributed by atoms with van der Waals surface area (Å²) in [5.74, 6) is -1.58. The van der Waals surface area contributed by atoms with Gasteiger partial charge in [-0.2, -0.15) is 4.39 Å². The Kier molecular flexibility index (Phi) is 4.59. The van der Waals surface area contributed by atoms with Crippen molar-refractivity contribution in [3.05, 3.63) is 34.1 Å². The molecule has 0 N–H and O–H groups in total. The summed E-state index contributed by atoms with van der Waals surface area (Å²) >= 11 is 0. The smallest absolute Gasteiger partial charge is 0.347 e. The van der Waals surface area contributed by atoms with Gasteiger partial charge in [0.05, 0.1) is 11.5 Å². The molecule has 0 amide bonds. The number of nitrogens with zero attached hydrogens (tertiary/aromatic N) is 1. The van der Waals surface area contributed by atoms with Crippen molar-refractivity contribution in [2.24, 2.45) is 0 Å². The van der Waals surface area contributed by atoms with Crippen LogP contribution in [0.25, 0.3) is 0 Å². The zero-order valence-corrected chi connectivity index (χ0v) is 9.88. The summed E-state index contributed by atoms with van der Waals surface area (Å²) in [4.78, 5) is 20.8. The number of esters is 1. The molecule has 0 aliphatic carbocycles. The van der Waals surface area contributed by atoms with Crippen molar-refractivity contribution in [1.82, 2.24) is 0 Å². The van der Waals surface area contributed by atoms with Gasteiger partial charge in [0.2, 0.25) is 5.82 Å². The molecule has 0 radical (unpaired) electrons. The molecule has 1 aromatic carbocycles. The molecule has 0 aromatic heterocycles. The van der Waals surface area contributed by atoms with Gasteiger partial charge in [-0.05, 0) is 19.9 Å². The lowest BCUT2D eigenvalue weighted by molar-refractivity contribution is -0.387. The number of halogens is 1. The Bertz CT molecular complexity index is 463. The topological polar surface area (TPSA) is 78.7 Å². The quantitative estimate of drug-likeness (QED) is 0.458. The third kappa shape index (κ3) is 3.41. The Morgan fingerprint density at radius 3 is 2.72 bits per heavy atom. The SMILES string of the molecule is CCOC(=O)C(C)Oc1ccc([N+](=O)[O-])c(F)c1. The van der Waals surface area contributed by atoms with Crippen molar-refractivity contribution in [2.75, 3.05) is 6.61 Å². The molecule has 0 spiro atoms. The number of hydrogen-bond donors (Lipinski definition) is 0. The summed E-state index contributed by atoms with van der Waals surface area (Å²) in [6.07, 6.45) is -0.911. The van der Waals surface area contributed by atoms with E-state index in [1.165, 1.54) is 13.0 Å². The Hall–Kier alpha value is -2.18. The first-order chi connectivity index (χ1) is 8.45. The Balaban J connectivity index is 2.77. The highest BCUT2D eigenvalue weighted by molar-refractivity contribution is 5.74. The van der Waals surface area contributed by atoms with E-state index in [-0.39, 0.29) is 12.4 Å². The number of carbonyl (C=O) groups excluding carboxylic acids is 1. The molecule has 0 bridgehead atoms. The van der Waals surface area contributed by atoms with E-state index in [0.29, 0.717) is 0 Å². The summed E-state index contributed by atoms with van der Waals surface area (Å²) in [5, 5.41) is 10.4. The van der Waals surface area contributed by atoms with Gasteiger partial charge >= 0.3 is 11.7 Å². The first-order valence-corrected chi connectivity index (χ1v) is 5.23. The lowest BCUT2D eigenvalue weighted by Gasteiger charge is -2.13. The number of ether oxygens (including phenoxy) is 2. The van der Waals surface area contributed by atoms with Crippen LogP contribution in [0.3, 0.4) is 0 Å². The minimum atomic E-state index is -1.02. The van der Waals surface area contributed by atoms with Gasteiger partial charge in [-0.1, -0.05) is 0 Å². The van der Waals surface area contributed by atoms with Crippen molar-refractivity contribution in [3.63, 3.8) is 0 Å². The van der Waals surface area contributed by atoms with Crippen LogP contribution < -0.4 is 4.74 Å². The van der Waals surface area contributed by atoms with Crippen molar-refractivity contribution < 1.29 is 23.6 Å². The zero-order valence-electron chi connectivity index (χ0n) is 9.88. The van der Waals surface area contributed by atoms with E-state index in [9.17, 15) is 19.3 Å². The average molecular weight is 257 g/mol. The number of nitro groups is 1. The van der Waals surface area contributed by atoms with Crippen molar-refractivity contribution in [2.45, 2.75) is 20.0 Å². The number of hydrogen-bond acceptors (Lipinski definition) is 5. The molecule has 1 atom stereocenters. The van der Waals surface area contributed by atoms with E-state index in [1.807, 2.05) is 0 Å². The summed E-state index contributed by atoms with van der Waals surface area (Å²) in [5.41, 5.74) is -0.647. The van der Waals surface area contributed by atoms with Crippen molar-refractivity contribution in [3.8, 4) is 5.75 Å². The lowest BCUT2D eigenvalue weighted by atomic mass is 10.3. The van der Waals surface area contributed by atoms with Crippen LogP contribution in [-0.2, 0) is 9.53 Å². The molecule has 0 aliphatic rings. The highest BCUT2D eigenvalue weighted by Crippen LogP contribution is 2.23. The highest BCUT2D eigenvalue weighted by Gasteiger charge is 2.18. The standard InChI is InChI=1S/C11H12FNO5/c1-3-17-11(14)7(2)18-8-4-5-10(13(15)16)9(12)6-8/h4-7H,3H2,1-2H3. The zero-order chi connectivity index (χ0) is 13.7. The van der Waals surface area contributed by atoms with E-state index in [0.717, 1.165) is 12.1 Å². The largest absolute Gasteiger partial charge is 0.479 e. The second kappa shape index (κ2) is 5.95. The first kappa shape index (κ1) is 13.9. The predicted octanol–water partition coefficient (Wildman–Crippen LogP) is 2.06. The van der Waals surface area contributed by atoms with Gasteiger partial charge in [0.25, 0.3) is 0 Å². The Labute approximate surface area is 102 Å². The van der Waals surface area contributed by atoms with Crippen molar-refractivity contribution in [1.29, 1.82) is 0 Å². The number of benzene rings is 1. The van der Waals surface area contributed by atoms with Crippen LogP contribution in [0.2, 0.25) is 0 Å². The van der Waals surface area contributed by atoms with Crippen LogP contribution >= 0.6 is 0 Å². The fourth-order valence-corrected chi connectivity index (χ4v) is 1.22. The van der Waals surface area contributed by atoms with Gasteiger partial charge in [-0.25, -0.2) is 4.79 Å². The molecular formula is C11H12FNO5. The van der Waals surface area contributed by atoms with Gasteiger partial charge in [-0.15, -0.1) is 0 Å². The molecule has 0 saturated heterocycles. The van der Waals surface area contributed by atoms with Gasteiger partial charge in [0, 0.05) is 12.1 Å². The van der Waals surface area contributed by atoms with Gasteiger partial charge in [0.15, 0.2) is 6.10 Å². The van der Waals surface area contributed by atoms with Gasteiger partial charge < -0.3 is 9.47 Å². The molecule has 98 valence electrons. The van der Waals surface area contributed by atoms with Crippen LogP contribution in [0.4, 0.5) is 10.1 Å². The summed E-state index contributed by atoms with van der Waals surface area (Å²) in [6, 6.07) is 3.05. The molecule has 6 nitrogen and oxygen atoms in total. The van der Waals surface area contributed by atoms with E-state index in [2.05, 4.69) is 0 Å². The maximum atomic E-state index is 13.3. The monoisotopic (exact) mass is 257 g/mol. The van der Waals surface area contributed by atoms with Crippen LogP contribution in [0.5, 0.6) is 5.75 Å².